The Hall–Kier alpha value is -2.03. The summed E-state index contributed by atoms with van der Waals surface area (Å²) < 4.78 is 5.93. The second-order valence-electron chi connectivity index (χ2n) is 3.76. The number of nitrogens with zero attached hydrogens (tertiary/aromatic N) is 1. The van der Waals surface area contributed by atoms with Crippen LogP contribution in [0.5, 0.6) is 5.75 Å². The summed E-state index contributed by atoms with van der Waals surface area (Å²) in [6.45, 7) is 0.793. The third-order valence-electron chi connectivity index (χ3n) is 2.71. The Bertz CT molecular complexity index is 484. The number of pyridine rings is 1. The van der Waals surface area contributed by atoms with Crippen LogP contribution in [-0.2, 0) is 0 Å². The molecule has 0 amide bonds. The summed E-state index contributed by atoms with van der Waals surface area (Å²) >= 11 is 0. The smallest absolute Gasteiger partial charge is 0.143 e. The van der Waals surface area contributed by atoms with E-state index >= 15 is 0 Å². The number of para-hydroxylation sites is 2. The van der Waals surface area contributed by atoms with Crippen molar-refractivity contribution in [3.63, 3.8) is 0 Å². The normalized spacial score (nSPS) is 18.1. The van der Waals surface area contributed by atoms with Crippen LogP contribution in [0.4, 0.5) is 5.69 Å². The third-order valence-corrected chi connectivity index (χ3v) is 2.71. The average molecular weight is 212 g/mol. The van der Waals surface area contributed by atoms with E-state index in [2.05, 4.69) is 10.3 Å². The molecule has 0 fully saturated rings. The minimum atomic E-state index is 0.0675. The molecular weight excluding hydrogens is 200 g/mol. The van der Waals surface area contributed by atoms with E-state index in [9.17, 15) is 0 Å². The zero-order chi connectivity index (χ0) is 10.8. The molecule has 0 radical (unpaired) electrons. The Balaban J connectivity index is 1.89. The van der Waals surface area contributed by atoms with Crippen molar-refractivity contribution >= 4 is 5.69 Å². The van der Waals surface area contributed by atoms with Gasteiger partial charge in [-0.05, 0) is 29.8 Å². The predicted octanol–water partition coefficient (Wildman–Crippen LogP) is 2.63. The van der Waals surface area contributed by atoms with Gasteiger partial charge in [-0.2, -0.15) is 0 Å². The fourth-order valence-corrected chi connectivity index (χ4v) is 1.88. The molecule has 0 aliphatic carbocycles. The fourth-order valence-electron chi connectivity index (χ4n) is 1.88. The molecule has 1 aliphatic heterocycles. The number of rotatable bonds is 1. The summed E-state index contributed by atoms with van der Waals surface area (Å²) in [5.41, 5.74) is 2.21. The molecular formula is C13H12N2O. The standard InChI is InChI=1S/C13H12N2O/c1-2-4-12-11(3-1)15-9-13(16-12)10-5-7-14-8-6-10/h1-8,13,15H,9H2. The van der Waals surface area contributed by atoms with Gasteiger partial charge in [-0.25, -0.2) is 0 Å². The largest absolute Gasteiger partial charge is 0.482 e. The number of hydrogen-bond acceptors (Lipinski definition) is 3. The van der Waals surface area contributed by atoms with Crippen molar-refractivity contribution in [2.45, 2.75) is 6.10 Å². The van der Waals surface area contributed by atoms with Crippen LogP contribution in [0.2, 0.25) is 0 Å². The van der Waals surface area contributed by atoms with Gasteiger partial charge in [0.25, 0.3) is 0 Å². The lowest BCUT2D eigenvalue weighted by Gasteiger charge is -2.27. The van der Waals surface area contributed by atoms with Crippen LogP contribution in [0.1, 0.15) is 11.7 Å². The summed E-state index contributed by atoms with van der Waals surface area (Å²) in [7, 11) is 0. The van der Waals surface area contributed by atoms with Crippen molar-refractivity contribution < 1.29 is 4.74 Å². The lowest BCUT2D eigenvalue weighted by molar-refractivity contribution is 0.210. The van der Waals surface area contributed by atoms with Crippen LogP contribution in [0.15, 0.2) is 48.8 Å². The molecule has 3 rings (SSSR count). The molecule has 1 atom stereocenters. The van der Waals surface area contributed by atoms with Crippen molar-refractivity contribution in [3.05, 3.63) is 54.4 Å². The zero-order valence-electron chi connectivity index (χ0n) is 8.76. The number of aromatic nitrogens is 1. The van der Waals surface area contributed by atoms with Crippen LogP contribution < -0.4 is 10.1 Å². The van der Waals surface area contributed by atoms with E-state index in [4.69, 9.17) is 4.74 Å². The van der Waals surface area contributed by atoms with E-state index in [1.807, 2.05) is 36.4 Å². The highest BCUT2D eigenvalue weighted by atomic mass is 16.5. The van der Waals surface area contributed by atoms with E-state index in [1.165, 1.54) is 0 Å². The SMILES string of the molecule is c1ccc2c(c1)NCC(c1ccncc1)O2. The lowest BCUT2D eigenvalue weighted by atomic mass is 10.1. The molecule has 3 nitrogen and oxygen atoms in total. The van der Waals surface area contributed by atoms with Gasteiger partial charge in [0.15, 0.2) is 0 Å². The van der Waals surface area contributed by atoms with Gasteiger partial charge >= 0.3 is 0 Å². The number of anilines is 1. The molecule has 1 aromatic heterocycles. The molecule has 3 heteroatoms. The Labute approximate surface area is 94.1 Å². The average Bonchev–Trinajstić information content (AvgIpc) is 2.39. The summed E-state index contributed by atoms with van der Waals surface area (Å²) in [6, 6.07) is 12.0. The van der Waals surface area contributed by atoms with Crippen LogP contribution in [0.25, 0.3) is 0 Å². The highest BCUT2D eigenvalue weighted by Gasteiger charge is 2.19. The van der Waals surface area contributed by atoms with E-state index < -0.39 is 0 Å². The maximum Gasteiger partial charge on any atom is 0.143 e. The molecule has 16 heavy (non-hydrogen) atoms. The van der Waals surface area contributed by atoms with Crippen LogP contribution in [0.3, 0.4) is 0 Å². The third kappa shape index (κ3) is 1.60. The number of ether oxygens (including phenoxy) is 1. The van der Waals surface area contributed by atoms with Crippen LogP contribution in [-0.4, -0.2) is 11.5 Å². The number of benzene rings is 1. The summed E-state index contributed by atoms with van der Waals surface area (Å²) in [6.07, 6.45) is 3.65. The lowest BCUT2D eigenvalue weighted by Crippen LogP contribution is -2.23. The maximum atomic E-state index is 5.93. The van der Waals surface area contributed by atoms with Crippen LogP contribution in [0, 0.1) is 0 Å². The van der Waals surface area contributed by atoms with E-state index in [-0.39, 0.29) is 6.10 Å². The predicted molar refractivity (Wildman–Crippen MR) is 62.5 cm³/mol. The molecule has 2 aromatic rings. The molecule has 1 aliphatic rings. The Morgan fingerprint density at radius 2 is 1.94 bits per heavy atom. The highest BCUT2D eigenvalue weighted by molar-refractivity contribution is 5.58. The van der Waals surface area contributed by atoms with Gasteiger partial charge in [0.1, 0.15) is 11.9 Å². The minimum absolute atomic E-state index is 0.0675. The van der Waals surface area contributed by atoms with Gasteiger partial charge in [0, 0.05) is 12.4 Å². The van der Waals surface area contributed by atoms with Gasteiger partial charge in [-0.15, -0.1) is 0 Å². The topological polar surface area (TPSA) is 34.2 Å². The number of nitrogens with one attached hydrogen (secondary N) is 1. The maximum absolute atomic E-state index is 5.93. The Kier molecular flexibility index (Phi) is 2.22. The summed E-state index contributed by atoms with van der Waals surface area (Å²) in [5.74, 6) is 0.913. The number of fused-ring (bicyclic) bond motifs is 1. The summed E-state index contributed by atoms with van der Waals surface area (Å²) in [5, 5.41) is 3.37. The number of hydrogen-bond donors (Lipinski definition) is 1. The second-order valence-corrected chi connectivity index (χ2v) is 3.76. The van der Waals surface area contributed by atoms with Crippen molar-refractivity contribution in [2.75, 3.05) is 11.9 Å². The minimum Gasteiger partial charge on any atom is -0.482 e. The molecule has 0 bridgehead atoms. The van der Waals surface area contributed by atoms with Crippen molar-refractivity contribution in [1.29, 1.82) is 0 Å². The quantitative estimate of drug-likeness (QED) is 0.789. The molecule has 1 aromatic carbocycles. The molecule has 0 spiro atoms. The van der Waals surface area contributed by atoms with Gasteiger partial charge in [0.2, 0.25) is 0 Å². The molecule has 1 unspecified atom stereocenters. The van der Waals surface area contributed by atoms with Gasteiger partial charge in [-0.3, -0.25) is 4.98 Å². The molecule has 80 valence electrons. The monoisotopic (exact) mass is 212 g/mol. The van der Waals surface area contributed by atoms with E-state index in [1.54, 1.807) is 12.4 Å². The first-order chi connectivity index (χ1) is 7.93. The van der Waals surface area contributed by atoms with Gasteiger partial charge in [0.05, 0.1) is 12.2 Å². The van der Waals surface area contributed by atoms with Gasteiger partial charge in [-0.1, -0.05) is 12.1 Å². The molecule has 1 N–H and O–H groups in total. The van der Waals surface area contributed by atoms with Crippen molar-refractivity contribution in [2.24, 2.45) is 0 Å². The Morgan fingerprint density at radius 3 is 2.81 bits per heavy atom. The first-order valence-corrected chi connectivity index (χ1v) is 5.33. The Morgan fingerprint density at radius 1 is 1.12 bits per heavy atom. The first-order valence-electron chi connectivity index (χ1n) is 5.33. The molecule has 2 heterocycles. The van der Waals surface area contributed by atoms with Crippen molar-refractivity contribution in [3.8, 4) is 5.75 Å². The highest BCUT2D eigenvalue weighted by Crippen LogP contribution is 2.33. The van der Waals surface area contributed by atoms with E-state index in [0.717, 1.165) is 23.5 Å². The summed E-state index contributed by atoms with van der Waals surface area (Å²) in [4.78, 5) is 4.01. The zero-order valence-corrected chi connectivity index (χ0v) is 8.76. The van der Waals surface area contributed by atoms with E-state index in [0.29, 0.717) is 0 Å². The molecule has 0 saturated heterocycles. The van der Waals surface area contributed by atoms with Crippen LogP contribution >= 0.6 is 0 Å². The fraction of sp³-hybridized carbons (Fsp3) is 0.154. The van der Waals surface area contributed by atoms with Crippen molar-refractivity contribution in [1.82, 2.24) is 4.98 Å². The first kappa shape index (κ1) is 9.21. The van der Waals surface area contributed by atoms with Gasteiger partial charge < -0.3 is 10.1 Å². The second kappa shape index (κ2) is 3.85. The molecule has 0 saturated carbocycles.